The van der Waals surface area contributed by atoms with E-state index in [9.17, 15) is 14.7 Å². The van der Waals surface area contributed by atoms with Gasteiger partial charge in [-0.2, -0.15) is 0 Å². The summed E-state index contributed by atoms with van der Waals surface area (Å²) >= 11 is 6.03. The van der Waals surface area contributed by atoms with Gasteiger partial charge in [0.1, 0.15) is 5.71 Å². The van der Waals surface area contributed by atoms with Crippen LogP contribution in [0, 0.1) is 16.7 Å². The smallest absolute Gasteiger partial charge is 0.271 e. The summed E-state index contributed by atoms with van der Waals surface area (Å²) in [5, 5.41) is 22.7. The van der Waals surface area contributed by atoms with E-state index in [1.165, 1.54) is 6.20 Å². The van der Waals surface area contributed by atoms with Gasteiger partial charge in [-0.3, -0.25) is 9.59 Å². The molecule has 2 amide bonds. The summed E-state index contributed by atoms with van der Waals surface area (Å²) in [5.41, 5.74) is -0.830. The monoisotopic (exact) mass is 486 g/mol. The largest absolute Gasteiger partial charge is 0.384 e. The molecular formula is C26H35ClN4O3. The predicted molar refractivity (Wildman–Crippen MR) is 135 cm³/mol. The van der Waals surface area contributed by atoms with Crippen LogP contribution in [-0.2, 0) is 15.2 Å². The first-order valence-corrected chi connectivity index (χ1v) is 12.3. The van der Waals surface area contributed by atoms with Crippen molar-refractivity contribution in [3.8, 4) is 0 Å². The number of aliphatic imine (C=N–C) groups is 1. The van der Waals surface area contributed by atoms with E-state index in [0.29, 0.717) is 37.4 Å². The Kier molecular flexibility index (Phi) is 8.31. The lowest BCUT2D eigenvalue weighted by atomic mass is 9.66. The number of nitrogens with zero attached hydrogens (tertiary/aromatic N) is 2. The number of carbonyl (C=O) groups is 2. The Bertz CT molecular complexity index is 973. The number of halogens is 1. The molecule has 1 aromatic carbocycles. The van der Waals surface area contributed by atoms with Crippen LogP contribution in [0.4, 0.5) is 0 Å². The van der Waals surface area contributed by atoms with E-state index < -0.39 is 16.9 Å². The second-order valence-corrected chi connectivity index (χ2v) is 10.3. The Morgan fingerprint density at radius 3 is 2.53 bits per heavy atom. The van der Waals surface area contributed by atoms with Crippen molar-refractivity contribution < 1.29 is 14.7 Å². The molecule has 0 aromatic heterocycles. The molecule has 34 heavy (non-hydrogen) atoms. The molecule has 3 rings (SSSR count). The molecule has 1 aromatic rings. The maximum Gasteiger partial charge on any atom is 0.271 e. The summed E-state index contributed by atoms with van der Waals surface area (Å²) in [6.07, 6.45) is 7.79. The maximum atomic E-state index is 13.6. The number of carbonyl (C=O) groups excluding carboxylic acids is 2. The highest BCUT2D eigenvalue weighted by Crippen LogP contribution is 2.46. The fraction of sp³-hybridized carbons (Fsp3) is 0.538. The fourth-order valence-electron chi connectivity index (χ4n) is 5.16. The molecule has 3 atom stereocenters. The van der Waals surface area contributed by atoms with Gasteiger partial charge in [0.05, 0.1) is 11.5 Å². The van der Waals surface area contributed by atoms with Crippen LogP contribution in [0.3, 0.4) is 0 Å². The highest BCUT2D eigenvalue weighted by molar-refractivity contribution is 6.60. The molecule has 1 saturated carbocycles. The van der Waals surface area contributed by atoms with Crippen molar-refractivity contribution in [3.05, 3.63) is 47.1 Å². The van der Waals surface area contributed by atoms with E-state index in [1.54, 1.807) is 25.1 Å². The summed E-state index contributed by atoms with van der Waals surface area (Å²) in [6, 6.07) is 6.96. The van der Waals surface area contributed by atoms with Crippen molar-refractivity contribution in [1.82, 2.24) is 10.2 Å². The first-order valence-electron chi connectivity index (χ1n) is 11.9. The van der Waals surface area contributed by atoms with Gasteiger partial charge in [-0.15, -0.1) is 0 Å². The number of rotatable bonds is 6. The Morgan fingerprint density at radius 2 is 1.91 bits per heavy atom. The molecule has 2 fully saturated rings. The molecule has 184 valence electrons. The standard InChI is InChI=1S/C26H35ClN4O3/c1-4-14-29-22(16-28)23(32)30-21-8-6-5-7-20(21)24(33)31-15-13-26(34,25(2,3)17-31)18-9-11-19(27)12-10-18/h4,9-12,14,16,20-21,28,34H,5-8,13,15,17H2,1-3H3,(H,30,32)/b14-4-,28-16?,29-22?/t20-,21+,26-/m0/s1. The van der Waals surface area contributed by atoms with E-state index >= 15 is 0 Å². The number of hydrogen-bond donors (Lipinski definition) is 3. The Labute approximate surface area is 206 Å². The number of allylic oxidation sites excluding steroid dienone is 1. The van der Waals surface area contributed by atoms with Crippen molar-refractivity contribution >= 4 is 35.3 Å². The van der Waals surface area contributed by atoms with Gasteiger partial charge in [0.25, 0.3) is 5.91 Å². The second-order valence-electron chi connectivity index (χ2n) is 9.87. The molecule has 1 aliphatic carbocycles. The molecule has 7 nitrogen and oxygen atoms in total. The Morgan fingerprint density at radius 1 is 1.24 bits per heavy atom. The van der Waals surface area contributed by atoms with Crippen molar-refractivity contribution in [3.63, 3.8) is 0 Å². The lowest BCUT2D eigenvalue weighted by molar-refractivity contribution is -0.158. The molecule has 0 spiro atoms. The molecule has 0 bridgehead atoms. The van der Waals surface area contributed by atoms with Gasteiger partial charge >= 0.3 is 0 Å². The Balaban J connectivity index is 1.74. The van der Waals surface area contributed by atoms with Crippen molar-refractivity contribution in [2.24, 2.45) is 16.3 Å². The van der Waals surface area contributed by atoms with Gasteiger partial charge in [-0.05, 0) is 43.9 Å². The molecule has 1 saturated heterocycles. The van der Waals surface area contributed by atoms with Gasteiger partial charge in [0.2, 0.25) is 5.91 Å². The number of benzene rings is 1. The van der Waals surface area contributed by atoms with Crippen LogP contribution in [0.5, 0.6) is 0 Å². The van der Waals surface area contributed by atoms with E-state index in [-0.39, 0.29) is 23.6 Å². The van der Waals surface area contributed by atoms with Crippen LogP contribution in [0.25, 0.3) is 0 Å². The minimum atomic E-state index is -1.07. The summed E-state index contributed by atoms with van der Waals surface area (Å²) < 4.78 is 0. The van der Waals surface area contributed by atoms with Crippen LogP contribution in [-0.4, -0.2) is 52.9 Å². The molecular weight excluding hydrogens is 452 g/mol. The van der Waals surface area contributed by atoms with E-state index in [4.69, 9.17) is 17.0 Å². The first-order chi connectivity index (χ1) is 16.1. The third-order valence-electron chi connectivity index (χ3n) is 7.21. The third-order valence-corrected chi connectivity index (χ3v) is 7.47. The zero-order valence-corrected chi connectivity index (χ0v) is 20.9. The average molecular weight is 487 g/mol. The molecule has 0 radical (unpaired) electrons. The topological polar surface area (TPSA) is 106 Å². The summed E-state index contributed by atoms with van der Waals surface area (Å²) in [5.74, 6) is -0.754. The number of nitrogens with one attached hydrogen (secondary N) is 2. The number of amides is 2. The van der Waals surface area contributed by atoms with Gasteiger partial charge in [-0.1, -0.05) is 56.5 Å². The molecule has 2 aliphatic rings. The quantitative estimate of drug-likeness (QED) is 0.527. The van der Waals surface area contributed by atoms with Crippen LogP contribution in [0.1, 0.15) is 58.4 Å². The lowest BCUT2D eigenvalue weighted by Crippen LogP contribution is -2.59. The van der Waals surface area contributed by atoms with Crippen LogP contribution in [0.2, 0.25) is 5.02 Å². The maximum absolute atomic E-state index is 13.6. The number of hydrogen-bond acceptors (Lipinski definition) is 5. The second kappa shape index (κ2) is 10.8. The highest BCUT2D eigenvalue weighted by atomic mass is 35.5. The number of piperidine rings is 1. The molecule has 8 heteroatoms. The number of aliphatic hydroxyl groups is 1. The zero-order valence-electron chi connectivity index (χ0n) is 20.2. The Hall–Kier alpha value is -2.51. The molecule has 1 heterocycles. The third kappa shape index (κ3) is 5.41. The lowest BCUT2D eigenvalue weighted by Gasteiger charge is -2.51. The van der Waals surface area contributed by atoms with Crippen molar-refractivity contribution in [1.29, 1.82) is 5.41 Å². The van der Waals surface area contributed by atoms with Crippen LogP contribution >= 0.6 is 11.6 Å². The van der Waals surface area contributed by atoms with Crippen LogP contribution < -0.4 is 5.32 Å². The van der Waals surface area contributed by atoms with Gasteiger partial charge in [0.15, 0.2) is 0 Å². The molecule has 0 unspecified atom stereocenters. The number of likely N-dealkylation sites (tertiary alicyclic amines) is 1. The summed E-state index contributed by atoms with van der Waals surface area (Å²) in [7, 11) is 0. The minimum absolute atomic E-state index is 0.0121. The zero-order chi connectivity index (χ0) is 24.9. The van der Waals surface area contributed by atoms with Gasteiger partial charge in [0, 0.05) is 42.0 Å². The van der Waals surface area contributed by atoms with Crippen LogP contribution in [0.15, 0.2) is 41.5 Å². The molecule has 3 N–H and O–H groups in total. The van der Waals surface area contributed by atoms with Crippen molar-refractivity contribution in [2.75, 3.05) is 13.1 Å². The van der Waals surface area contributed by atoms with E-state index in [0.717, 1.165) is 24.6 Å². The molecule has 1 aliphatic heterocycles. The first kappa shape index (κ1) is 26.1. The van der Waals surface area contributed by atoms with Gasteiger partial charge in [-0.25, -0.2) is 4.99 Å². The normalized spacial score (nSPS) is 27.4. The highest BCUT2D eigenvalue weighted by Gasteiger charge is 2.50. The van der Waals surface area contributed by atoms with Crippen molar-refractivity contribution in [2.45, 2.75) is 64.5 Å². The summed E-state index contributed by atoms with van der Waals surface area (Å²) in [4.78, 5) is 32.1. The SMILES string of the molecule is C/C=C\N=C(C=N)C(=O)N[C@@H]1CCCC[C@@H]1C(=O)N1CC[C@](O)(c2ccc(Cl)cc2)C(C)(C)C1. The van der Waals surface area contributed by atoms with Gasteiger partial charge < -0.3 is 20.7 Å². The van der Waals surface area contributed by atoms with E-state index in [2.05, 4.69) is 10.3 Å². The average Bonchev–Trinajstić information content (AvgIpc) is 2.81. The summed E-state index contributed by atoms with van der Waals surface area (Å²) in [6.45, 7) is 6.60. The van der Waals surface area contributed by atoms with E-state index in [1.807, 2.05) is 30.9 Å². The minimum Gasteiger partial charge on any atom is -0.384 e. The fourth-order valence-corrected chi connectivity index (χ4v) is 5.29. The predicted octanol–water partition coefficient (Wildman–Crippen LogP) is 4.09.